The highest BCUT2D eigenvalue weighted by Crippen LogP contribution is 2.18. The van der Waals surface area contributed by atoms with Crippen molar-refractivity contribution in [2.75, 3.05) is 0 Å². The van der Waals surface area contributed by atoms with Crippen molar-refractivity contribution in [2.45, 2.75) is 0 Å². The van der Waals surface area contributed by atoms with Crippen LogP contribution < -0.4 is 0 Å². The zero-order chi connectivity index (χ0) is 9.42. The Morgan fingerprint density at radius 2 is 2.31 bits per heavy atom. The minimum atomic E-state index is -0.958. The van der Waals surface area contributed by atoms with Crippen LogP contribution in [0.15, 0.2) is 22.6 Å². The molecule has 0 saturated carbocycles. The van der Waals surface area contributed by atoms with Gasteiger partial charge in [0.05, 0.1) is 5.56 Å². The molecule has 0 amide bonds. The topological polar surface area (TPSA) is 63.3 Å². The molecular weight excluding hydrogens is 285 g/mol. The average Bonchev–Trinajstić information content (AvgIpc) is 2.42. The van der Waals surface area contributed by atoms with E-state index in [2.05, 4.69) is 4.98 Å². The number of hydrogen-bond donors (Lipinski definition) is 1. The molecule has 0 atom stereocenters. The molecule has 0 fully saturated rings. The molecular formula is C8H4INO3. The van der Waals surface area contributed by atoms with Crippen molar-refractivity contribution in [3.63, 3.8) is 0 Å². The Balaban J connectivity index is 2.67. The number of benzene rings is 1. The van der Waals surface area contributed by atoms with Gasteiger partial charge < -0.3 is 9.52 Å². The first-order chi connectivity index (χ1) is 6.16. The predicted molar refractivity (Wildman–Crippen MR) is 53.7 cm³/mol. The van der Waals surface area contributed by atoms with Crippen molar-refractivity contribution in [2.24, 2.45) is 0 Å². The Bertz CT molecular complexity index is 477. The number of nitrogens with zero attached hydrogens (tertiary/aromatic N) is 1. The van der Waals surface area contributed by atoms with E-state index in [1.54, 1.807) is 6.07 Å². The van der Waals surface area contributed by atoms with E-state index in [4.69, 9.17) is 9.52 Å². The van der Waals surface area contributed by atoms with Crippen LogP contribution in [0.2, 0.25) is 0 Å². The van der Waals surface area contributed by atoms with E-state index >= 15 is 0 Å². The Labute approximate surface area is 86.7 Å². The van der Waals surface area contributed by atoms with Crippen molar-refractivity contribution in [3.05, 3.63) is 27.7 Å². The minimum Gasteiger partial charge on any atom is -0.478 e. The first-order valence-electron chi connectivity index (χ1n) is 3.46. The Morgan fingerprint density at radius 3 is 3.00 bits per heavy atom. The third-order valence-corrected chi connectivity index (χ3v) is 2.07. The van der Waals surface area contributed by atoms with Crippen LogP contribution in [-0.2, 0) is 0 Å². The molecule has 0 aliphatic heterocycles. The third kappa shape index (κ3) is 1.51. The molecule has 66 valence electrons. The lowest BCUT2D eigenvalue weighted by molar-refractivity contribution is 0.0697. The van der Waals surface area contributed by atoms with E-state index in [-0.39, 0.29) is 5.56 Å². The van der Waals surface area contributed by atoms with Gasteiger partial charge >= 0.3 is 5.97 Å². The third-order valence-electron chi connectivity index (χ3n) is 1.61. The fourth-order valence-corrected chi connectivity index (χ4v) is 1.53. The number of aromatic nitrogens is 1. The monoisotopic (exact) mass is 289 g/mol. The molecule has 1 aromatic heterocycles. The van der Waals surface area contributed by atoms with E-state index < -0.39 is 5.97 Å². The highest BCUT2D eigenvalue weighted by atomic mass is 127. The van der Waals surface area contributed by atoms with Gasteiger partial charge in [0.1, 0.15) is 5.52 Å². The van der Waals surface area contributed by atoms with E-state index in [1.165, 1.54) is 12.1 Å². The first-order valence-corrected chi connectivity index (χ1v) is 4.54. The number of oxazole rings is 1. The number of rotatable bonds is 1. The fraction of sp³-hybridized carbons (Fsp3) is 0. The smallest absolute Gasteiger partial charge is 0.335 e. The van der Waals surface area contributed by atoms with Crippen LogP contribution in [0.5, 0.6) is 0 Å². The van der Waals surface area contributed by atoms with Gasteiger partial charge in [-0.2, -0.15) is 0 Å². The molecule has 0 radical (unpaired) electrons. The molecule has 0 aliphatic carbocycles. The molecule has 5 heteroatoms. The Hall–Kier alpha value is -1.11. The zero-order valence-electron chi connectivity index (χ0n) is 6.32. The van der Waals surface area contributed by atoms with Crippen molar-refractivity contribution in [1.29, 1.82) is 0 Å². The summed E-state index contributed by atoms with van der Waals surface area (Å²) in [5.74, 6) is -0.958. The molecule has 0 aliphatic rings. The molecule has 0 saturated heterocycles. The second-order valence-electron chi connectivity index (χ2n) is 2.45. The molecule has 0 spiro atoms. The number of carboxylic acid groups (broad SMARTS) is 1. The molecule has 2 rings (SSSR count). The number of fused-ring (bicyclic) bond motifs is 1. The van der Waals surface area contributed by atoms with Gasteiger partial charge in [-0.3, -0.25) is 0 Å². The van der Waals surface area contributed by atoms with Gasteiger partial charge in [0.25, 0.3) is 3.90 Å². The lowest BCUT2D eigenvalue weighted by atomic mass is 10.2. The largest absolute Gasteiger partial charge is 0.478 e. The van der Waals surface area contributed by atoms with Crippen LogP contribution in [0.25, 0.3) is 11.1 Å². The molecule has 4 nitrogen and oxygen atoms in total. The van der Waals surface area contributed by atoms with Crippen LogP contribution >= 0.6 is 22.6 Å². The van der Waals surface area contributed by atoms with Gasteiger partial charge in [0.15, 0.2) is 5.58 Å². The van der Waals surface area contributed by atoms with Gasteiger partial charge in [-0.25, -0.2) is 9.78 Å². The number of carboxylic acids is 1. The Morgan fingerprint density at radius 1 is 1.54 bits per heavy atom. The lowest BCUT2D eigenvalue weighted by Crippen LogP contribution is -1.94. The summed E-state index contributed by atoms with van der Waals surface area (Å²) in [7, 11) is 0. The summed E-state index contributed by atoms with van der Waals surface area (Å²) in [4.78, 5) is 14.6. The second-order valence-corrected chi connectivity index (χ2v) is 3.38. The standard InChI is InChI=1S/C8H4INO3/c9-8-10-5-3-4(7(11)12)1-2-6(5)13-8/h1-3H,(H,11,12). The summed E-state index contributed by atoms with van der Waals surface area (Å²) in [6.07, 6.45) is 0. The van der Waals surface area contributed by atoms with E-state index in [0.717, 1.165) is 0 Å². The summed E-state index contributed by atoms with van der Waals surface area (Å²) >= 11 is 1.94. The quantitative estimate of drug-likeness (QED) is 0.817. The van der Waals surface area contributed by atoms with E-state index in [1.807, 2.05) is 22.6 Å². The summed E-state index contributed by atoms with van der Waals surface area (Å²) in [5, 5.41) is 8.69. The maximum atomic E-state index is 10.6. The summed E-state index contributed by atoms with van der Waals surface area (Å²) in [5.41, 5.74) is 1.40. The normalized spacial score (nSPS) is 10.5. The SMILES string of the molecule is O=C(O)c1ccc2oc(I)nc2c1. The maximum Gasteiger partial charge on any atom is 0.335 e. The minimum absolute atomic E-state index is 0.220. The molecule has 1 N–H and O–H groups in total. The zero-order valence-corrected chi connectivity index (χ0v) is 8.48. The van der Waals surface area contributed by atoms with Crippen LogP contribution in [0.1, 0.15) is 10.4 Å². The van der Waals surface area contributed by atoms with Gasteiger partial charge in [0, 0.05) is 22.6 Å². The summed E-state index contributed by atoms with van der Waals surface area (Å²) in [6, 6.07) is 4.59. The molecule has 2 aromatic rings. The van der Waals surface area contributed by atoms with Crippen LogP contribution in [0.4, 0.5) is 0 Å². The highest BCUT2D eigenvalue weighted by molar-refractivity contribution is 14.1. The van der Waals surface area contributed by atoms with Crippen molar-refractivity contribution in [1.82, 2.24) is 4.98 Å². The van der Waals surface area contributed by atoms with E-state index in [9.17, 15) is 4.79 Å². The van der Waals surface area contributed by atoms with Crippen molar-refractivity contribution in [3.8, 4) is 0 Å². The van der Waals surface area contributed by atoms with Crippen LogP contribution in [0.3, 0.4) is 0 Å². The van der Waals surface area contributed by atoms with Gasteiger partial charge in [0.2, 0.25) is 0 Å². The number of aromatic carboxylic acids is 1. The number of halogens is 1. The molecule has 1 aromatic carbocycles. The van der Waals surface area contributed by atoms with Gasteiger partial charge in [-0.15, -0.1) is 0 Å². The van der Waals surface area contributed by atoms with Crippen LogP contribution in [0, 0.1) is 3.90 Å². The molecule has 0 bridgehead atoms. The highest BCUT2D eigenvalue weighted by Gasteiger charge is 2.07. The predicted octanol–water partition coefficient (Wildman–Crippen LogP) is 2.13. The second kappa shape index (κ2) is 2.99. The number of carbonyl (C=O) groups is 1. The lowest BCUT2D eigenvalue weighted by Gasteiger charge is -1.90. The van der Waals surface area contributed by atoms with Gasteiger partial charge in [-0.1, -0.05) is 0 Å². The summed E-state index contributed by atoms with van der Waals surface area (Å²) < 4.78 is 5.69. The molecule has 13 heavy (non-hydrogen) atoms. The summed E-state index contributed by atoms with van der Waals surface area (Å²) in [6.45, 7) is 0. The maximum absolute atomic E-state index is 10.6. The Kier molecular flexibility index (Phi) is 1.95. The number of hydrogen-bond acceptors (Lipinski definition) is 3. The fourth-order valence-electron chi connectivity index (χ4n) is 1.03. The molecule has 1 heterocycles. The van der Waals surface area contributed by atoms with Gasteiger partial charge in [-0.05, 0) is 18.2 Å². The van der Waals surface area contributed by atoms with Crippen LogP contribution in [-0.4, -0.2) is 16.1 Å². The average molecular weight is 289 g/mol. The molecule has 0 unspecified atom stereocenters. The van der Waals surface area contributed by atoms with E-state index in [0.29, 0.717) is 15.0 Å². The first kappa shape index (κ1) is 8.49. The van der Waals surface area contributed by atoms with Crippen molar-refractivity contribution < 1.29 is 14.3 Å². The van der Waals surface area contributed by atoms with Crippen molar-refractivity contribution >= 4 is 39.7 Å².